The summed E-state index contributed by atoms with van der Waals surface area (Å²) < 4.78 is 11.3. The van der Waals surface area contributed by atoms with Gasteiger partial charge in [0.2, 0.25) is 17.6 Å². The van der Waals surface area contributed by atoms with Gasteiger partial charge in [-0.1, -0.05) is 77.9 Å². The van der Waals surface area contributed by atoms with E-state index in [0.29, 0.717) is 22.5 Å². The summed E-state index contributed by atoms with van der Waals surface area (Å²) in [5, 5.41) is 15.5. The third-order valence-corrected chi connectivity index (χ3v) is 12.4. The molecule has 5 aromatic rings. The molecule has 9 rings (SSSR count). The zero-order chi connectivity index (χ0) is 40.3. The smallest absolute Gasteiger partial charge is 0.260 e. The number of anilines is 4. The summed E-state index contributed by atoms with van der Waals surface area (Å²) in [4.78, 5) is 60.9. The summed E-state index contributed by atoms with van der Waals surface area (Å²) in [6.07, 6.45) is 2.41. The van der Waals surface area contributed by atoms with Gasteiger partial charge in [0.25, 0.3) is 11.8 Å². The monoisotopic (exact) mass is 774 g/mol. The Morgan fingerprint density at radius 2 is 1.31 bits per heavy atom. The highest BCUT2D eigenvalue weighted by Crippen LogP contribution is 2.65. The Kier molecular flexibility index (Phi) is 9.03. The van der Waals surface area contributed by atoms with Crippen molar-refractivity contribution in [1.82, 2.24) is 5.01 Å². The summed E-state index contributed by atoms with van der Waals surface area (Å²) in [6.45, 7) is 1.96. The van der Waals surface area contributed by atoms with Gasteiger partial charge in [-0.25, -0.2) is 0 Å². The number of aromatic hydroxyl groups is 1. The Morgan fingerprint density at radius 3 is 1.95 bits per heavy atom. The number of hydrogen-bond acceptors (Lipinski definition) is 9. The van der Waals surface area contributed by atoms with Crippen molar-refractivity contribution in [3.63, 3.8) is 0 Å². The Labute approximate surface area is 335 Å². The van der Waals surface area contributed by atoms with Gasteiger partial charge in [0, 0.05) is 17.3 Å². The molecular formula is C47H42N4O7. The van der Waals surface area contributed by atoms with Crippen LogP contribution in [0.1, 0.15) is 35.4 Å². The van der Waals surface area contributed by atoms with Crippen LogP contribution >= 0.6 is 0 Å². The molecule has 5 aromatic carbocycles. The van der Waals surface area contributed by atoms with Gasteiger partial charge in [0.15, 0.2) is 11.5 Å². The van der Waals surface area contributed by atoms with E-state index in [1.165, 1.54) is 19.1 Å². The lowest BCUT2D eigenvalue weighted by atomic mass is 9.49. The van der Waals surface area contributed by atoms with Crippen LogP contribution in [0.15, 0.2) is 133 Å². The number of para-hydroxylation sites is 1. The first-order valence-electron chi connectivity index (χ1n) is 19.4. The number of methoxy groups -OCH3 is 2. The highest BCUT2D eigenvalue weighted by atomic mass is 16.5. The fourth-order valence-electron chi connectivity index (χ4n) is 9.84. The number of allylic oxidation sites excluding steroid dienone is 2. The van der Waals surface area contributed by atoms with Crippen molar-refractivity contribution < 1.29 is 33.8 Å². The first-order valence-corrected chi connectivity index (χ1v) is 19.4. The molecule has 0 radical (unpaired) electrons. The van der Waals surface area contributed by atoms with Crippen molar-refractivity contribution in [1.29, 1.82) is 0 Å². The van der Waals surface area contributed by atoms with Crippen molar-refractivity contribution in [3.8, 4) is 17.2 Å². The summed E-state index contributed by atoms with van der Waals surface area (Å²) >= 11 is 0. The van der Waals surface area contributed by atoms with Gasteiger partial charge in [-0.15, -0.1) is 0 Å². The molecule has 292 valence electrons. The van der Waals surface area contributed by atoms with E-state index in [4.69, 9.17) is 9.47 Å². The predicted octanol–water partition coefficient (Wildman–Crippen LogP) is 7.65. The minimum absolute atomic E-state index is 0.125. The van der Waals surface area contributed by atoms with Crippen molar-refractivity contribution in [2.75, 3.05) is 29.9 Å². The van der Waals surface area contributed by atoms with Crippen molar-refractivity contribution in [3.05, 3.63) is 150 Å². The van der Waals surface area contributed by atoms with E-state index in [-0.39, 0.29) is 41.9 Å². The molecule has 2 aliphatic heterocycles. The van der Waals surface area contributed by atoms with Crippen LogP contribution in [-0.2, 0) is 24.6 Å². The van der Waals surface area contributed by atoms with Gasteiger partial charge in [-0.2, -0.15) is 5.01 Å². The van der Waals surface area contributed by atoms with E-state index >= 15 is 9.59 Å². The molecule has 2 heterocycles. The number of carbonyl (C=O) groups is 4. The van der Waals surface area contributed by atoms with E-state index < -0.39 is 46.8 Å². The van der Waals surface area contributed by atoms with Crippen LogP contribution in [0, 0.1) is 30.6 Å². The second-order valence-electron chi connectivity index (χ2n) is 15.4. The quantitative estimate of drug-likeness (QED) is 0.102. The average Bonchev–Trinajstić information content (AvgIpc) is 3.63. The Balaban J connectivity index is 1.17. The molecule has 1 saturated carbocycles. The van der Waals surface area contributed by atoms with E-state index in [1.807, 2.05) is 110 Å². The number of phenols is 1. The van der Waals surface area contributed by atoms with Gasteiger partial charge < -0.3 is 19.9 Å². The van der Waals surface area contributed by atoms with Crippen molar-refractivity contribution in [2.24, 2.45) is 23.7 Å². The number of nitrogens with zero attached hydrogens (tertiary/aromatic N) is 2. The molecule has 11 nitrogen and oxygen atoms in total. The molecule has 58 heavy (non-hydrogen) atoms. The molecule has 2 aliphatic carbocycles. The number of ether oxygens (including phenoxy) is 2. The number of carbonyl (C=O) groups excluding carboxylic acids is 4. The molecule has 0 spiro atoms. The molecular weight excluding hydrogens is 733 g/mol. The average molecular weight is 775 g/mol. The predicted molar refractivity (Wildman–Crippen MR) is 219 cm³/mol. The van der Waals surface area contributed by atoms with Gasteiger partial charge in [0.05, 0.1) is 48.8 Å². The Hall–Kier alpha value is -6.88. The number of fused-ring (bicyclic) bond motifs is 4. The highest BCUT2D eigenvalue weighted by molar-refractivity contribution is 6.22. The molecule has 0 bridgehead atoms. The highest BCUT2D eigenvalue weighted by Gasteiger charge is 2.70. The zero-order valence-electron chi connectivity index (χ0n) is 32.2. The molecule has 11 heteroatoms. The van der Waals surface area contributed by atoms with Gasteiger partial charge >= 0.3 is 0 Å². The largest absolute Gasteiger partial charge is 0.502 e. The van der Waals surface area contributed by atoms with E-state index in [1.54, 1.807) is 24.3 Å². The van der Waals surface area contributed by atoms with Gasteiger partial charge in [-0.3, -0.25) is 29.5 Å². The third kappa shape index (κ3) is 5.63. The first-order chi connectivity index (χ1) is 28.1. The fourth-order valence-corrected chi connectivity index (χ4v) is 9.84. The van der Waals surface area contributed by atoms with Crippen LogP contribution in [-0.4, -0.2) is 48.0 Å². The molecule has 6 unspecified atom stereocenters. The second-order valence-corrected chi connectivity index (χ2v) is 15.4. The van der Waals surface area contributed by atoms with Crippen molar-refractivity contribution in [2.45, 2.75) is 31.1 Å². The lowest BCUT2D eigenvalue weighted by molar-refractivity contribution is -0.138. The number of phenolic OH excluding ortho intramolecular Hbond substituents is 1. The van der Waals surface area contributed by atoms with Crippen LogP contribution < -0.4 is 25.1 Å². The molecule has 0 aromatic heterocycles. The lowest BCUT2D eigenvalue weighted by Gasteiger charge is -2.50. The van der Waals surface area contributed by atoms with Crippen LogP contribution in [0.4, 0.5) is 22.7 Å². The minimum atomic E-state index is -1.49. The minimum Gasteiger partial charge on any atom is -0.502 e. The topological polar surface area (TPSA) is 138 Å². The molecule has 2 saturated heterocycles. The van der Waals surface area contributed by atoms with Crippen LogP contribution in [0.3, 0.4) is 0 Å². The normalized spacial score (nSPS) is 24.8. The number of hydrogen-bond donors (Lipinski definition) is 3. The van der Waals surface area contributed by atoms with Crippen LogP contribution in [0.2, 0.25) is 0 Å². The summed E-state index contributed by atoms with van der Waals surface area (Å²) in [5.41, 5.74) is 7.35. The van der Waals surface area contributed by atoms with E-state index in [9.17, 15) is 14.7 Å². The van der Waals surface area contributed by atoms with Crippen molar-refractivity contribution >= 4 is 46.4 Å². The number of imide groups is 2. The SMILES string of the molecule is COc1cc(C2C3=CCC4C(=O)N(c5ccc(Nc6ccccc6)cc5)C(=O)C4C3CC3C(=O)N(Nc4ccc(C)cc4)C(=O)C32c2ccccc2)cc(OC)c1O. The number of rotatable bonds is 9. The summed E-state index contributed by atoms with van der Waals surface area (Å²) in [6, 6.07) is 37.0. The molecule has 6 atom stereocenters. The Bertz CT molecular complexity index is 2450. The first kappa shape index (κ1) is 36.7. The fraction of sp³-hybridized carbons (Fsp3) is 0.234. The maximum atomic E-state index is 15.5. The standard InChI is InChI=1S/C47H42N4O7/c1-27-14-16-32(17-15-27)49-51-44(54)37-26-36-34(41(28-24-38(57-2)42(52)39(25-28)58-3)47(37,46(51)56)29-10-6-4-7-11-29)22-23-35-40(36)45(55)50(43(35)53)33-20-18-31(19-21-33)48-30-12-8-5-9-13-30/h4-22,24-25,35-37,40-41,48-49,52H,23,26H2,1-3H3. The Morgan fingerprint density at radius 1 is 0.707 bits per heavy atom. The lowest BCUT2D eigenvalue weighted by Crippen LogP contribution is -2.53. The van der Waals surface area contributed by atoms with Crippen LogP contribution in [0.5, 0.6) is 17.2 Å². The molecule has 4 amide bonds. The maximum absolute atomic E-state index is 15.5. The second kappa shape index (κ2) is 14.3. The molecule has 4 aliphatic rings. The van der Waals surface area contributed by atoms with E-state index in [2.05, 4.69) is 10.7 Å². The van der Waals surface area contributed by atoms with Gasteiger partial charge in [0.1, 0.15) is 0 Å². The number of aryl methyl sites for hydroxylation is 1. The molecule has 3 N–H and O–H groups in total. The van der Waals surface area contributed by atoms with Gasteiger partial charge in [-0.05, 0) is 97.5 Å². The number of hydrazine groups is 1. The summed E-state index contributed by atoms with van der Waals surface area (Å²) in [7, 11) is 2.86. The number of nitrogens with one attached hydrogen (secondary N) is 2. The zero-order valence-corrected chi connectivity index (χ0v) is 32.2. The molecule has 3 fully saturated rings. The van der Waals surface area contributed by atoms with Crippen LogP contribution in [0.25, 0.3) is 0 Å². The number of benzene rings is 5. The third-order valence-electron chi connectivity index (χ3n) is 12.4. The summed E-state index contributed by atoms with van der Waals surface area (Å²) in [5.74, 6) is -5.28. The van der Waals surface area contributed by atoms with E-state index in [0.717, 1.165) is 27.5 Å². The number of amides is 4. The maximum Gasteiger partial charge on any atom is 0.260 e.